The Labute approximate surface area is 197 Å². The van der Waals surface area contributed by atoms with Crippen LogP contribution in [-0.2, 0) is 0 Å². The molecule has 1 heterocycles. The van der Waals surface area contributed by atoms with Crippen LogP contribution in [-0.4, -0.2) is 22.9 Å². The number of benzene rings is 3. The normalized spacial score (nSPS) is 11.5. The van der Waals surface area contributed by atoms with Gasteiger partial charge in [-0.2, -0.15) is 0 Å². The second-order valence-corrected chi connectivity index (χ2v) is 8.71. The molecule has 0 aliphatic carbocycles. The number of rotatable bonds is 5. The number of halogens is 2. The number of nitrogens with zero attached hydrogens (tertiary/aromatic N) is 2. The molecule has 0 fully saturated rings. The average molecular weight is 544 g/mol. The molecule has 0 aliphatic rings. The first-order valence-electron chi connectivity index (χ1n) is 9.74. The lowest BCUT2D eigenvalue weighted by Gasteiger charge is -2.11. The van der Waals surface area contributed by atoms with Gasteiger partial charge < -0.3 is 14.3 Å². The Morgan fingerprint density at radius 2 is 1.97 bits per heavy atom. The van der Waals surface area contributed by atoms with Crippen LogP contribution in [0.1, 0.15) is 23.6 Å². The highest BCUT2D eigenvalue weighted by molar-refractivity contribution is 9.13. The van der Waals surface area contributed by atoms with Crippen molar-refractivity contribution in [2.45, 2.75) is 20.8 Å². The van der Waals surface area contributed by atoms with Crippen LogP contribution in [0.15, 0.2) is 60.8 Å². The van der Waals surface area contributed by atoms with Crippen LogP contribution in [0.5, 0.6) is 11.5 Å². The predicted octanol–water partition coefficient (Wildman–Crippen LogP) is 7.49. The summed E-state index contributed by atoms with van der Waals surface area (Å²) in [6.07, 6.45) is 1.62. The fourth-order valence-corrected chi connectivity index (χ4v) is 4.10. The number of aromatic hydroxyl groups is 1. The average Bonchev–Trinajstić information content (AvgIpc) is 3.16. The fourth-order valence-electron chi connectivity index (χ4n) is 3.28. The SMILES string of the molecule is CCOc1cc(Br)c(Br)c(C=Nc2cccc(-c3nc4cc(C)ccc4o3)c2C)c1O. The molecule has 1 aromatic heterocycles. The van der Waals surface area contributed by atoms with E-state index in [-0.39, 0.29) is 5.75 Å². The van der Waals surface area contributed by atoms with Gasteiger partial charge in [-0.1, -0.05) is 12.1 Å². The number of aromatic nitrogens is 1. The third-order valence-corrected chi connectivity index (χ3v) is 6.92. The topological polar surface area (TPSA) is 67.9 Å². The number of oxazole rings is 1. The van der Waals surface area contributed by atoms with Gasteiger partial charge in [0.1, 0.15) is 5.52 Å². The summed E-state index contributed by atoms with van der Waals surface area (Å²) in [6, 6.07) is 13.5. The molecule has 0 unspecified atom stereocenters. The molecule has 7 heteroatoms. The summed E-state index contributed by atoms with van der Waals surface area (Å²) in [5.41, 5.74) is 5.79. The van der Waals surface area contributed by atoms with E-state index in [1.807, 2.05) is 57.2 Å². The summed E-state index contributed by atoms with van der Waals surface area (Å²) in [7, 11) is 0. The van der Waals surface area contributed by atoms with Crippen molar-refractivity contribution in [1.82, 2.24) is 4.98 Å². The molecule has 3 aromatic carbocycles. The Hall–Kier alpha value is -2.64. The maximum atomic E-state index is 10.6. The van der Waals surface area contributed by atoms with Gasteiger partial charge in [0.15, 0.2) is 17.1 Å². The Morgan fingerprint density at radius 1 is 1.16 bits per heavy atom. The molecule has 0 saturated heterocycles. The van der Waals surface area contributed by atoms with Crippen molar-refractivity contribution in [3.05, 3.63) is 68.1 Å². The number of hydrogen-bond acceptors (Lipinski definition) is 5. The monoisotopic (exact) mass is 542 g/mol. The second-order valence-electron chi connectivity index (χ2n) is 7.06. The van der Waals surface area contributed by atoms with Crippen molar-refractivity contribution in [2.75, 3.05) is 6.61 Å². The molecular formula is C24H20Br2N2O3. The molecule has 31 heavy (non-hydrogen) atoms. The van der Waals surface area contributed by atoms with Crippen LogP contribution in [0.4, 0.5) is 5.69 Å². The van der Waals surface area contributed by atoms with Crippen molar-refractivity contribution in [3.63, 3.8) is 0 Å². The summed E-state index contributed by atoms with van der Waals surface area (Å²) in [6.45, 7) is 6.32. The summed E-state index contributed by atoms with van der Waals surface area (Å²) >= 11 is 6.99. The molecule has 0 spiro atoms. The minimum atomic E-state index is 0.0313. The van der Waals surface area contributed by atoms with Crippen LogP contribution in [0, 0.1) is 13.8 Å². The third kappa shape index (κ3) is 4.25. The predicted molar refractivity (Wildman–Crippen MR) is 131 cm³/mol. The molecule has 1 N–H and O–H groups in total. The summed E-state index contributed by atoms with van der Waals surface area (Å²) in [5.74, 6) is 0.982. The number of phenols is 1. The lowest BCUT2D eigenvalue weighted by molar-refractivity contribution is 0.317. The number of aryl methyl sites for hydroxylation is 1. The minimum absolute atomic E-state index is 0.0313. The van der Waals surface area contributed by atoms with E-state index in [1.165, 1.54) is 0 Å². The van der Waals surface area contributed by atoms with Crippen LogP contribution in [0.3, 0.4) is 0 Å². The Kier molecular flexibility index (Phi) is 6.16. The van der Waals surface area contributed by atoms with Gasteiger partial charge in [0.25, 0.3) is 0 Å². The minimum Gasteiger partial charge on any atom is -0.504 e. The van der Waals surface area contributed by atoms with E-state index in [4.69, 9.17) is 9.15 Å². The maximum Gasteiger partial charge on any atom is 0.227 e. The van der Waals surface area contributed by atoms with E-state index in [0.717, 1.165) is 38.0 Å². The van der Waals surface area contributed by atoms with Gasteiger partial charge >= 0.3 is 0 Å². The van der Waals surface area contributed by atoms with Crippen molar-refractivity contribution in [3.8, 4) is 23.0 Å². The Morgan fingerprint density at radius 3 is 2.74 bits per heavy atom. The molecule has 0 radical (unpaired) electrons. The van der Waals surface area contributed by atoms with E-state index >= 15 is 0 Å². The molecule has 0 saturated carbocycles. The van der Waals surface area contributed by atoms with Crippen LogP contribution < -0.4 is 4.74 Å². The zero-order chi connectivity index (χ0) is 22.1. The highest BCUT2D eigenvalue weighted by atomic mass is 79.9. The highest BCUT2D eigenvalue weighted by Gasteiger charge is 2.16. The van der Waals surface area contributed by atoms with Crippen molar-refractivity contribution in [2.24, 2.45) is 4.99 Å². The lowest BCUT2D eigenvalue weighted by Crippen LogP contribution is -1.96. The molecular weight excluding hydrogens is 524 g/mol. The van der Waals surface area contributed by atoms with Gasteiger partial charge in [-0.25, -0.2) is 4.98 Å². The van der Waals surface area contributed by atoms with Crippen LogP contribution in [0.25, 0.3) is 22.6 Å². The van der Waals surface area contributed by atoms with E-state index in [9.17, 15) is 5.11 Å². The Bertz CT molecular complexity index is 1310. The standard InChI is InChI=1S/C24H20Br2N2O3/c1-4-30-21-11-17(25)22(26)16(23(21)29)12-27-18-7-5-6-15(14(18)3)24-28-19-10-13(2)8-9-20(19)31-24/h5-12,29H,4H2,1-3H3. The summed E-state index contributed by atoms with van der Waals surface area (Å²) in [5, 5.41) is 10.6. The fraction of sp³-hybridized carbons (Fsp3) is 0.167. The highest BCUT2D eigenvalue weighted by Crippen LogP contribution is 2.40. The molecule has 0 bridgehead atoms. The molecule has 0 amide bonds. The second kappa shape index (κ2) is 8.85. The molecule has 0 aliphatic heterocycles. The third-order valence-electron chi connectivity index (χ3n) is 4.90. The molecule has 5 nitrogen and oxygen atoms in total. The lowest BCUT2D eigenvalue weighted by atomic mass is 10.1. The molecule has 158 valence electrons. The van der Waals surface area contributed by atoms with Gasteiger partial charge in [-0.3, -0.25) is 4.99 Å². The van der Waals surface area contributed by atoms with Crippen LogP contribution >= 0.6 is 31.9 Å². The maximum absolute atomic E-state index is 10.6. The zero-order valence-electron chi connectivity index (χ0n) is 17.2. The number of ether oxygens (including phenoxy) is 1. The summed E-state index contributed by atoms with van der Waals surface area (Å²) < 4.78 is 13.0. The first-order valence-corrected chi connectivity index (χ1v) is 11.3. The van der Waals surface area contributed by atoms with E-state index in [2.05, 4.69) is 41.8 Å². The molecule has 0 atom stereocenters. The molecule has 4 rings (SSSR count). The summed E-state index contributed by atoms with van der Waals surface area (Å²) in [4.78, 5) is 9.28. The zero-order valence-corrected chi connectivity index (χ0v) is 20.4. The van der Waals surface area contributed by atoms with Gasteiger partial charge in [-0.15, -0.1) is 0 Å². The van der Waals surface area contributed by atoms with Gasteiger partial charge in [0, 0.05) is 20.7 Å². The smallest absolute Gasteiger partial charge is 0.227 e. The van der Waals surface area contributed by atoms with E-state index in [1.54, 1.807) is 12.3 Å². The number of phenolic OH excluding ortho intramolecular Hbond substituents is 1. The Balaban J connectivity index is 1.75. The first-order chi connectivity index (χ1) is 14.9. The van der Waals surface area contributed by atoms with Gasteiger partial charge in [0.2, 0.25) is 5.89 Å². The number of hydrogen-bond donors (Lipinski definition) is 1. The molecule has 4 aromatic rings. The van der Waals surface area contributed by atoms with Gasteiger partial charge in [0.05, 0.1) is 17.9 Å². The number of fused-ring (bicyclic) bond motifs is 1. The van der Waals surface area contributed by atoms with Crippen LogP contribution in [0.2, 0.25) is 0 Å². The van der Waals surface area contributed by atoms with E-state index in [0.29, 0.717) is 28.3 Å². The van der Waals surface area contributed by atoms with Gasteiger partial charge in [-0.05, 0) is 94.1 Å². The van der Waals surface area contributed by atoms with E-state index < -0.39 is 0 Å². The van der Waals surface area contributed by atoms with Crippen molar-refractivity contribution < 1.29 is 14.3 Å². The van der Waals surface area contributed by atoms with Crippen molar-refractivity contribution >= 4 is 54.9 Å². The first kappa shape index (κ1) is 21.6. The van der Waals surface area contributed by atoms with Crippen molar-refractivity contribution in [1.29, 1.82) is 0 Å². The largest absolute Gasteiger partial charge is 0.504 e. The quantitative estimate of drug-likeness (QED) is 0.265. The number of aliphatic imine (C=N–C) groups is 1.